The van der Waals surface area contributed by atoms with E-state index in [9.17, 15) is 0 Å². The largest absolute Gasteiger partial charge is 0.354 e. The number of hydrogen-bond acceptors (Lipinski definition) is 8. The van der Waals surface area contributed by atoms with Crippen LogP contribution in [0, 0.1) is 5.92 Å². The number of nitrogens with one attached hydrogen (secondary N) is 2. The van der Waals surface area contributed by atoms with Crippen LogP contribution in [0.4, 0.5) is 11.9 Å². The number of aromatic nitrogens is 6. The Labute approximate surface area is 103 Å². The second-order valence-electron chi connectivity index (χ2n) is 4.09. The summed E-state index contributed by atoms with van der Waals surface area (Å²) in [6, 6.07) is 0. The van der Waals surface area contributed by atoms with Crippen molar-refractivity contribution in [2.75, 3.05) is 17.3 Å². The quantitative estimate of drug-likeness (QED) is 0.480. The Kier molecular flexibility index (Phi) is 2.73. The molecule has 0 atom stereocenters. The van der Waals surface area contributed by atoms with Crippen molar-refractivity contribution < 1.29 is 0 Å². The third-order valence-electron chi connectivity index (χ3n) is 2.62. The fourth-order valence-electron chi connectivity index (χ4n) is 1.48. The smallest absolute Gasteiger partial charge is 0.258 e. The molecular formula is C9H13N9. The predicted octanol–water partition coefficient (Wildman–Crippen LogP) is -0.440. The number of nitrogens with zero attached hydrogens (tertiary/aromatic N) is 6. The molecule has 2 aromatic heterocycles. The molecule has 1 aliphatic carbocycles. The van der Waals surface area contributed by atoms with Crippen LogP contribution < -0.4 is 16.6 Å². The molecule has 9 heteroatoms. The van der Waals surface area contributed by atoms with Gasteiger partial charge in [0.25, 0.3) is 5.95 Å². The molecule has 0 bridgehead atoms. The van der Waals surface area contributed by atoms with Crippen LogP contribution in [0.15, 0.2) is 12.7 Å². The average molecular weight is 247 g/mol. The number of anilines is 2. The minimum absolute atomic E-state index is 0.286. The molecule has 0 radical (unpaired) electrons. The molecule has 9 nitrogen and oxygen atoms in total. The Bertz CT molecular complexity index is 519. The van der Waals surface area contributed by atoms with Crippen molar-refractivity contribution in [1.29, 1.82) is 0 Å². The molecule has 0 amide bonds. The van der Waals surface area contributed by atoms with Gasteiger partial charge in [-0.3, -0.25) is 5.43 Å². The number of nitrogen functional groups attached to an aromatic ring is 1. The first-order valence-corrected chi connectivity index (χ1v) is 5.67. The molecule has 0 saturated heterocycles. The Morgan fingerprint density at radius 3 is 2.78 bits per heavy atom. The van der Waals surface area contributed by atoms with Crippen molar-refractivity contribution in [2.24, 2.45) is 11.8 Å². The molecule has 1 fully saturated rings. The zero-order valence-electron chi connectivity index (χ0n) is 9.61. The zero-order chi connectivity index (χ0) is 12.4. The van der Waals surface area contributed by atoms with Crippen molar-refractivity contribution in [3.63, 3.8) is 0 Å². The van der Waals surface area contributed by atoms with E-state index >= 15 is 0 Å². The van der Waals surface area contributed by atoms with E-state index in [0.717, 1.165) is 12.5 Å². The average Bonchev–Trinajstić information content (AvgIpc) is 3.07. The van der Waals surface area contributed by atoms with Crippen LogP contribution in [-0.4, -0.2) is 36.3 Å². The first-order chi connectivity index (χ1) is 8.85. The summed E-state index contributed by atoms with van der Waals surface area (Å²) in [6.45, 7) is 0.866. The van der Waals surface area contributed by atoms with Gasteiger partial charge in [-0.2, -0.15) is 24.7 Å². The third kappa shape index (κ3) is 2.35. The molecule has 0 aliphatic heterocycles. The molecule has 2 heterocycles. The summed E-state index contributed by atoms with van der Waals surface area (Å²) in [6.07, 6.45) is 5.45. The molecule has 3 rings (SSSR count). The fourth-order valence-corrected chi connectivity index (χ4v) is 1.48. The van der Waals surface area contributed by atoms with Gasteiger partial charge in [0.1, 0.15) is 12.7 Å². The summed E-state index contributed by atoms with van der Waals surface area (Å²) in [5.74, 6) is 7.20. The normalized spacial score (nSPS) is 14.5. The number of rotatable bonds is 5. The maximum Gasteiger partial charge on any atom is 0.258 e. The molecule has 18 heavy (non-hydrogen) atoms. The molecule has 2 aromatic rings. The lowest BCUT2D eigenvalue weighted by Gasteiger charge is -2.07. The summed E-state index contributed by atoms with van der Waals surface area (Å²) in [7, 11) is 0. The zero-order valence-corrected chi connectivity index (χ0v) is 9.61. The van der Waals surface area contributed by atoms with Crippen molar-refractivity contribution in [1.82, 2.24) is 29.7 Å². The second kappa shape index (κ2) is 4.53. The minimum atomic E-state index is 0.286. The van der Waals surface area contributed by atoms with E-state index in [4.69, 9.17) is 5.84 Å². The monoisotopic (exact) mass is 247 g/mol. The lowest BCUT2D eigenvalue weighted by atomic mass is 10.4. The highest BCUT2D eigenvalue weighted by atomic mass is 15.4. The highest BCUT2D eigenvalue weighted by Crippen LogP contribution is 2.28. The van der Waals surface area contributed by atoms with Crippen LogP contribution in [-0.2, 0) is 0 Å². The van der Waals surface area contributed by atoms with Crippen molar-refractivity contribution >= 4 is 11.9 Å². The second-order valence-corrected chi connectivity index (χ2v) is 4.09. The van der Waals surface area contributed by atoms with E-state index in [-0.39, 0.29) is 5.95 Å². The van der Waals surface area contributed by atoms with Crippen LogP contribution in [0.2, 0.25) is 0 Å². The maximum atomic E-state index is 5.33. The molecule has 0 aromatic carbocycles. The van der Waals surface area contributed by atoms with Crippen LogP contribution in [0.5, 0.6) is 0 Å². The fraction of sp³-hybridized carbons (Fsp3) is 0.444. The topological polar surface area (TPSA) is 119 Å². The highest BCUT2D eigenvalue weighted by Gasteiger charge is 2.21. The molecule has 4 N–H and O–H groups in total. The van der Waals surface area contributed by atoms with Crippen molar-refractivity contribution in [2.45, 2.75) is 12.8 Å². The van der Waals surface area contributed by atoms with Gasteiger partial charge in [0.15, 0.2) is 0 Å². The molecule has 1 saturated carbocycles. The van der Waals surface area contributed by atoms with Crippen LogP contribution in [0.3, 0.4) is 0 Å². The van der Waals surface area contributed by atoms with Gasteiger partial charge in [0.05, 0.1) is 0 Å². The lowest BCUT2D eigenvalue weighted by Crippen LogP contribution is -2.16. The molecule has 0 spiro atoms. The summed E-state index contributed by atoms with van der Waals surface area (Å²) in [5.41, 5.74) is 2.41. The highest BCUT2D eigenvalue weighted by molar-refractivity contribution is 5.36. The Morgan fingerprint density at radius 1 is 1.28 bits per heavy atom. The summed E-state index contributed by atoms with van der Waals surface area (Å²) < 4.78 is 1.45. The van der Waals surface area contributed by atoms with Crippen molar-refractivity contribution in [3.05, 3.63) is 12.7 Å². The van der Waals surface area contributed by atoms with E-state index in [1.165, 1.54) is 30.2 Å². The van der Waals surface area contributed by atoms with Gasteiger partial charge in [0.2, 0.25) is 11.9 Å². The maximum absolute atomic E-state index is 5.33. The van der Waals surface area contributed by atoms with Crippen LogP contribution in [0.1, 0.15) is 12.8 Å². The molecule has 94 valence electrons. The minimum Gasteiger partial charge on any atom is -0.354 e. The van der Waals surface area contributed by atoms with E-state index in [0.29, 0.717) is 11.9 Å². The predicted molar refractivity (Wildman–Crippen MR) is 63.8 cm³/mol. The molecule has 0 unspecified atom stereocenters. The van der Waals surface area contributed by atoms with Crippen molar-refractivity contribution in [3.8, 4) is 5.95 Å². The number of nitrogens with two attached hydrogens (primary N) is 1. The van der Waals surface area contributed by atoms with Gasteiger partial charge < -0.3 is 5.32 Å². The van der Waals surface area contributed by atoms with Crippen LogP contribution >= 0.6 is 0 Å². The summed E-state index contributed by atoms with van der Waals surface area (Å²) in [5, 5.41) is 7.13. The van der Waals surface area contributed by atoms with Gasteiger partial charge in [-0.1, -0.05) is 0 Å². The van der Waals surface area contributed by atoms with Gasteiger partial charge in [0, 0.05) is 6.54 Å². The van der Waals surface area contributed by atoms with Gasteiger partial charge in [-0.15, -0.1) is 0 Å². The Morgan fingerprint density at radius 2 is 2.11 bits per heavy atom. The van der Waals surface area contributed by atoms with E-state index < -0.39 is 0 Å². The Hall–Kier alpha value is -2.29. The molecular weight excluding hydrogens is 234 g/mol. The first kappa shape index (κ1) is 10.8. The van der Waals surface area contributed by atoms with Gasteiger partial charge in [-0.05, 0) is 18.8 Å². The van der Waals surface area contributed by atoms with E-state index in [1.807, 2.05) is 0 Å². The van der Waals surface area contributed by atoms with Gasteiger partial charge >= 0.3 is 0 Å². The van der Waals surface area contributed by atoms with Crippen LogP contribution in [0.25, 0.3) is 5.95 Å². The first-order valence-electron chi connectivity index (χ1n) is 5.67. The third-order valence-corrected chi connectivity index (χ3v) is 2.62. The van der Waals surface area contributed by atoms with Gasteiger partial charge in [-0.25, -0.2) is 10.8 Å². The SMILES string of the molecule is NNc1nc(NCC2CC2)nc(-n2cncn2)n1. The molecule has 1 aliphatic rings. The van der Waals surface area contributed by atoms with E-state index in [1.54, 1.807) is 0 Å². The number of hydrazine groups is 1. The van der Waals surface area contributed by atoms with E-state index in [2.05, 4.69) is 35.8 Å². The standard InChI is InChI=1S/C9H13N9/c10-17-8-14-7(12-3-6-1-2-6)15-9(16-8)18-5-11-4-13-18/h4-6H,1-3,10H2,(H2,12,14,15,16,17). The lowest BCUT2D eigenvalue weighted by molar-refractivity contribution is 0.788. The summed E-state index contributed by atoms with van der Waals surface area (Å²) >= 11 is 0. The summed E-state index contributed by atoms with van der Waals surface area (Å²) in [4.78, 5) is 16.3. The number of hydrogen-bond donors (Lipinski definition) is 3. The Balaban J connectivity index is 1.85.